The summed E-state index contributed by atoms with van der Waals surface area (Å²) in [5.74, 6) is -0.255. The topological polar surface area (TPSA) is 58.6 Å². The van der Waals surface area contributed by atoms with E-state index in [4.69, 9.17) is 4.74 Å². The van der Waals surface area contributed by atoms with E-state index in [1.807, 2.05) is 0 Å². The molecule has 2 aliphatic heterocycles. The fourth-order valence-corrected chi connectivity index (χ4v) is 2.86. The molecule has 0 spiro atoms. The van der Waals surface area contributed by atoms with Crippen LogP contribution in [-0.2, 0) is 4.79 Å². The van der Waals surface area contributed by atoms with Gasteiger partial charge in [-0.15, -0.1) is 0 Å². The van der Waals surface area contributed by atoms with Crippen LogP contribution >= 0.6 is 0 Å². The molecule has 1 fully saturated rings. The maximum absolute atomic E-state index is 12.2. The summed E-state index contributed by atoms with van der Waals surface area (Å²) in [4.78, 5) is 25.9. The van der Waals surface area contributed by atoms with Gasteiger partial charge in [0, 0.05) is 6.04 Å². The summed E-state index contributed by atoms with van der Waals surface area (Å²) in [5, 5.41) is 3.26. The lowest BCUT2D eigenvalue weighted by Gasteiger charge is -2.32. The van der Waals surface area contributed by atoms with Crippen molar-refractivity contribution in [3.63, 3.8) is 0 Å². The Bertz CT molecular complexity index is 535. The predicted octanol–water partition coefficient (Wildman–Crippen LogP) is 0.976. The van der Waals surface area contributed by atoms with Gasteiger partial charge < -0.3 is 10.1 Å². The molecule has 3 rings (SSSR count). The number of rotatable bonds is 2. The van der Waals surface area contributed by atoms with Gasteiger partial charge in [0.1, 0.15) is 5.75 Å². The van der Waals surface area contributed by atoms with E-state index in [1.54, 1.807) is 30.2 Å². The quantitative estimate of drug-likeness (QED) is 0.805. The summed E-state index contributed by atoms with van der Waals surface area (Å²) in [6.45, 7) is 1.74. The zero-order valence-electron chi connectivity index (χ0n) is 10.8. The number of ether oxygens (including phenoxy) is 1. The number of hydrogen-bond acceptors (Lipinski definition) is 4. The van der Waals surface area contributed by atoms with Crippen molar-refractivity contribution in [1.29, 1.82) is 0 Å². The molecule has 1 aromatic rings. The molecule has 19 heavy (non-hydrogen) atoms. The number of para-hydroxylation sites is 1. The maximum atomic E-state index is 12.2. The number of Topliss-reactive ketones (excluding diaryl/α,β-unsaturated/α-hetero) is 1. The van der Waals surface area contributed by atoms with Gasteiger partial charge in [0.05, 0.1) is 18.4 Å². The van der Waals surface area contributed by atoms with Gasteiger partial charge >= 0.3 is 0 Å². The summed E-state index contributed by atoms with van der Waals surface area (Å²) >= 11 is 0. The van der Waals surface area contributed by atoms with Crippen LogP contribution in [0.5, 0.6) is 5.75 Å². The molecule has 0 saturated carbocycles. The van der Waals surface area contributed by atoms with Gasteiger partial charge in [-0.05, 0) is 38.1 Å². The third kappa shape index (κ3) is 1.81. The van der Waals surface area contributed by atoms with E-state index in [1.165, 1.54) is 0 Å². The summed E-state index contributed by atoms with van der Waals surface area (Å²) in [6, 6.07) is 5.31. The van der Waals surface area contributed by atoms with Gasteiger partial charge in [-0.2, -0.15) is 0 Å². The highest BCUT2D eigenvalue weighted by Crippen LogP contribution is 2.40. The fourth-order valence-electron chi connectivity index (χ4n) is 2.86. The number of methoxy groups -OCH3 is 1. The molecule has 1 saturated heterocycles. The second-order valence-electron chi connectivity index (χ2n) is 4.84. The van der Waals surface area contributed by atoms with E-state index in [0.29, 0.717) is 17.0 Å². The standard InChI is InChI=1S/C14H16N2O3/c1-19-11-4-2-3-10-12(11)16(14(18)13(10)17)9-5-7-15-8-6-9/h2-4,9,15H,5-8H2,1H3. The number of nitrogens with one attached hydrogen (secondary N) is 1. The molecule has 0 bridgehead atoms. The van der Waals surface area contributed by atoms with Gasteiger partial charge in [-0.25, -0.2) is 0 Å². The number of fused-ring (bicyclic) bond motifs is 1. The normalized spacial score (nSPS) is 19.7. The van der Waals surface area contributed by atoms with Crippen molar-refractivity contribution in [2.45, 2.75) is 18.9 Å². The minimum atomic E-state index is -0.425. The second-order valence-corrected chi connectivity index (χ2v) is 4.84. The van der Waals surface area contributed by atoms with Gasteiger partial charge in [-0.3, -0.25) is 14.5 Å². The maximum Gasteiger partial charge on any atom is 0.299 e. The first-order chi connectivity index (χ1) is 9.24. The average molecular weight is 260 g/mol. The van der Waals surface area contributed by atoms with Crippen LogP contribution < -0.4 is 15.0 Å². The number of hydrogen-bond donors (Lipinski definition) is 1. The predicted molar refractivity (Wildman–Crippen MR) is 70.7 cm³/mol. The van der Waals surface area contributed by atoms with Crippen LogP contribution in [0.4, 0.5) is 5.69 Å². The Hall–Kier alpha value is -1.88. The third-order valence-electron chi connectivity index (χ3n) is 3.79. The first-order valence-electron chi connectivity index (χ1n) is 6.49. The lowest BCUT2D eigenvalue weighted by atomic mass is 10.0. The van der Waals surface area contributed by atoms with Crippen LogP contribution in [0.25, 0.3) is 0 Å². The van der Waals surface area contributed by atoms with E-state index in [2.05, 4.69) is 5.32 Å². The fraction of sp³-hybridized carbons (Fsp3) is 0.429. The van der Waals surface area contributed by atoms with Crippen molar-refractivity contribution < 1.29 is 14.3 Å². The Balaban J connectivity index is 2.07. The second kappa shape index (κ2) is 4.66. The van der Waals surface area contributed by atoms with E-state index in [-0.39, 0.29) is 6.04 Å². The minimum absolute atomic E-state index is 0.0789. The van der Waals surface area contributed by atoms with Gasteiger partial charge in [0.25, 0.3) is 11.7 Å². The highest BCUT2D eigenvalue weighted by Gasteiger charge is 2.41. The van der Waals surface area contributed by atoms with Crippen LogP contribution in [0, 0.1) is 0 Å². The Kier molecular flexibility index (Phi) is 2.98. The number of amides is 1. The van der Waals surface area contributed by atoms with Crippen LogP contribution in [0.3, 0.4) is 0 Å². The summed E-state index contributed by atoms with van der Waals surface area (Å²) in [5.41, 5.74) is 1.11. The Morgan fingerprint density at radius 1 is 1.26 bits per heavy atom. The SMILES string of the molecule is COc1cccc2c1N(C1CCNCC1)C(=O)C2=O. The number of anilines is 1. The molecule has 0 unspecified atom stereocenters. The van der Waals surface area contributed by atoms with Gasteiger partial charge in [0.15, 0.2) is 0 Å². The van der Waals surface area contributed by atoms with Crippen LogP contribution in [0.2, 0.25) is 0 Å². The first kappa shape index (κ1) is 12.2. The van der Waals surface area contributed by atoms with E-state index >= 15 is 0 Å². The summed E-state index contributed by atoms with van der Waals surface area (Å²) in [7, 11) is 1.56. The molecule has 2 aliphatic rings. The zero-order valence-corrected chi connectivity index (χ0v) is 10.8. The zero-order chi connectivity index (χ0) is 13.4. The molecule has 100 valence electrons. The number of carbonyl (C=O) groups is 2. The molecule has 1 N–H and O–H groups in total. The van der Waals surface area contributed by atoms with E-state index in [9.17, 15) is 9.59 Å². The van der Waals surface area contributed by atoms with Crippen molar-refractivity contribution in [2.24, 2.45) is 0 Å². The van der Waals surface area contributed by atoms with E-state index in [0.717, 1.165) is 25.9 Å². The molecule has 0 aromatic heterocycles. The summed E-state index contributed by atoms with van der Waals surface area (Å²) < 4.78 is 5.31. The minimum Gasteiger partial charge on any atom is -0.495 e. The van der Waals surface area contributed by atoms with Gasteiger partial charge in [-0.1, -0.05) is 6.07 Å². The van der Waals surface area contributed by atoms with Crippen molar-refractivity contribution in [3.8, 4) is 5.75 Å². The molecular formula is C14H16N2O3. The third-order valence-corrected chi connectivity index (χ3v) is 3.79. The first-order valence-corrected chi connectivity index (χ1v) is 6.49. The molecule has 1 amide bonds. The van der Waals surface area contributed by atoms with Crippen LogP contribution in [-0.4, -0.2) is 37.9 Å². The largest absolute Gasteiger partial charge is 0.495 e. The molecule has 0 atom stereocenters. The van der Waals surface area contributed by atoms with Gasteiger partial charge in [0.2, 0.25) is 0 Å². The molecule has 2 heterocycles. The molecule has 1 aromatic carbocycles. The Labute approximate surface area is 111 Å². The van der Waals surface area contributed by atoms with E-state index < -0.39 is 11.7 Å². The molecular weight excluding hydrogens is 244 g/mol. The molecule has 0 aliphatic carbocycles. The highest BCUT2D eigenvalue weighted by molar-refractivity contribution is 6.52. The lowest BCUT2D eigenvalue weighted by molar-refractivity contribution is -0.114. The average Bonchev–Trinajstić information content (AvgIpc) is 2.72. The highest BCUT2D eigenvalue weighted by atomic mass is 16.5. The molecule has 5 heteroatoms. The lowest BCUT2D eigenvalue weighted by Crippen LogP contribution is -2.45. The summed E-state index contributed by atoms with van der Waals surface area (Å²) in [6.07, 6.45) is 1.72. The number of carbonyl (C=O) groups excluding carboxylic acids is 2. The van der Waals surface area contributed by atoms with Crippen molar-refractivity contribution in [1.82, 2.24) is 5.32 Å². The van der Waals surface area contributed by atoms with Crippen LogP contribution in [0.15, 0.2) is 18.2 Å². The Morgan fingerprint density at radius 2 is 2.00 bits per heavy atom. The number of benzene rings is 1. The smallest absolute Gasteiger partial charge is 0.299 e. The van der Waals surface area contributed by atoms with Crippen molar-refractivity contribution >= 4 is 17.4 Å². The van der Waals surface area contributed by atoms with Crippen LogP contribution in [0.1, 0.15) is 23.2 Å². The van der Waals surface area contributed by atoms with Crippen molar-refractivity contribution in [3.05, 3.63) is 23.8 Å². The molecule has 0 radical (unpaired) electrons. The molecule has 5 nitrogen and oxygen atoms in total. The number of nitrogens with zero attached hydrogens (tertiary/aromatic N) is 1. The number of piperidine rings is 1. The Morgan fingerprint density at radius 3 is 2.68 bits per heavy atom. The van der Waals surface area contributed by atoms with Crippen molar-refractivity contribution in [2.75, 3.05) is 25.1 Å². The number of ketones is 1. The monoisotopic (exact) mass is 260 g/mol.